The largest absolute Gasteiger partial charge is 0.422 e. The third-order valence-electron chi connectivity index (χ3n) is 2.74. The average molecular weight is 301 g/mol. The highest BCUT2D eigenvalue weighted by atomic mass is 19.4. The Bertz CT molecular complexity index is 548. The summed E-state index contributed by atoms with van der Waals surface area (Å²) in [5.74, 6) is -11.2. The minimum atomic E-state index is -5.60. The Balaban J connectivity index is 2.52. The average Bonchev–Trinajstić information content (AvgIpc) is 3.14. The number of carbonyl (C=O) groups excluding carboxylic acids is 1. The van der Waals surface area contributed by atoms with Crippen LogP contribution < -0.4 is 5.32 Å². The van der Waals surface area contributed by atoms with Gasteiger partial charge in [0.05, 0.1) is 0 Å². The molecule has 110 valence electrons. The van der Waals surface area contributed by atoms with Gasteiger partial charge in [-0.15, -0.1) is 0 Å². The zero-order valence-electron chi connectivity index (χ0n) is 9.55. The van der Waals surface area contributed by atoms with E-state index in [-0.39, 0.29) is 0 Å². The topological polar surface area (TPSA) is 29.1 Å². The van der Waals surface area contributed by atoms with Crippen LogP contribution in [0.3, 0.4) is 0 Å². The zero-order chi connectivity index (χ0) is 15.2. The number of halogens is 7. The fourth-order valence-corrected chi connectivity index (χ4v) is 1.56. The Labute approximate surface area is 107 Å². The standard InChI is InChI=1S/C11H6F7NO/c12-5-4(11(16,17)18)6(13)8(15)9(7(5)14)19-10(20)3-1-2-3/h3H,1-2H2,(H,19,20). The van der Waals surface area contributed by atoms with Gasteiger partial charge in [-0.2, -0.15) is 13.2 Å². The Kier molecular flexibility index (Phi) is 3.39. The van der Waals surface area contributed by atoms with Crippen molar-refractivity contribution >= 4 is 11.6 Å². The van der Waals surface area contributed by atoms with Gasteiger partial charge in [0.25, 0.3) is 0 Å². The number of carbonyl (C=O) groups is 1. The molecule has 0 spiro atoms. The Morgan fingerprint density at radius 3 is 1.75 bits per heavy atom. The molecule has 1 aliphatic carbocycles. The van der Waals surface area contributed by atoms with Gasteiger partial charge < -0.3 is 5.32 Å². The van der Waals surface area contributed by atoms with Gasteiger partial charge >= 0.3 is 6.18 Å². The Hall–Kier alpha value is -1.80. The molecular weight excluding hydrogens is 295 g/mol. The lowest BCUT2D eigenvalue weighted by Crippen LogP contribution is -2.21. The molecule has 1 N–H and O–H groups in total. The number of nitrogens with one attached hydrogen (secondary N) is 1. The highest BCUT2D eigenvalue weighted by Gasteiger charge is 2.43. The maximum Gasteiger partial charge on any atom is 0.422 e. The van der Waals surface area contributed by atoms with Gasteiger partial charge in [-0.1, -0.05) is 0 Å². The fraction of sp³-hybridized carbons (Fsp3) is 0.364. The quantitative estimate of drug-likeness (QED) is 0.656. The van der Waals surface area contributed by atoms with Gasteiger partial charge in [0, 0.05) is 5.92 Å². The van der Waals surface area contributed by atoms with Crippen LogP contribution in [0.2, 0.25) is 0 Å². The van der Waals surface area contributed by atoms with E-state index >= 15 is 0 Å². The van der Waals surface area contributed by atoms with Crippen LogP contribution in [0.5, 0.6) is 0 Å². The zero-order valence-corrected chi connectivity index (χ0v) is 9.55. The van der Waals surface area contributed by atoms with Gasteiger partial charge in [-0.05, 0) is 12.8 Å². The molecule has 0 aliphatic heterocycles. The summed E-state index contributed by atoms with van der Waals surface area (Å²) in [4.78, 5) is 11.3. The number of rotatable bonds is 2. The summed E-state index contributed by atoms with van der Waals surface area (Å²) in [7, 11) is 0. The second-order valence-corrected chi connectivity index (χ2v) is 4.27. The van der Waals surface area contributed by atoms with Gasteiger partial charge in [0.2, 0.25) is 5.91 Å². The van der Waals surface area contributed by atoms with Gasteiger partial charge in [-0.3, -0.25) is 4.79 Å². The van der Waals surface area contributed by atoms with Crippen molar-refractivity contribution < 1.29 is 35.5 Å². The highest BCUT2D eigenvalue weighted by Crippen LogP contribution is 2.39. The van der Waals surface area contributed by atoms with E-state index in [0.717, 1.165) is 0 Å². The maximum atomic E-state index is 13.4. The molecular formula is C11H6F7NO. The van der Waals surface area contributed by atoms with Crippen LogP contribution in [-0.4, -0.2) is 5.91 Å². The first kappa shape index (κ1) is 14.6. The van der Waals surface area contributed by atoms with Crippen LogP contribution in [0, 0.1) is 29.2 Å². The van der Waals surface area contributed by atoms with Gasteiger partial charge in [-0.25, -0.2) is 17.6 Å². The van der Waals surface area contributed by atoms with Crippen molar-refractivity contribution in [1.82, 2.24) is 0 Å². The Morgan fingerprint density at radius 2 is 1.40 bits per heavy atom. The summed E-state index contributed by atoms with van der Waals surface area (Å²) >= 11 is 0. The minimum Gasteiger partial charge on any atom is -0.321 e. The SMILES string of the molecule is O=C(Nc1c(F)c(F)c(C(F)(F)F)c(F)c1F)C1CC1. The number of hydrogen-bond donors (Lipinski definition) is 1. The molecule has 2 rings (SSSR count). The summed E-state index contributed by atoms with van der Waals surface area (Å²) in [6, 6.07) is 0. The minimum absolute atomic E-state index is 0.431. The first-order valence-electron chi connectivity index (χ1n) is 5.38. The van der Waals surface area contributed by atoms with E-state index in [9.17, 15) is 35.5 Å². The summed E-state index contributed by atoms with van der Waals surface area (Å²) in [5, 5.41) is 1.56. The summed E-state index contributed by atoms with van der Waals surface area (Å²) < 4.78 is 90.1. The number of alkyl halides is 3. The van der Waals surface area contributed by atoms with Crippen molar-refractivity contribution in [1.29, 1.82) is 0 Å². The summed E-state index contributed by atoms with van der Waals surface area (Å²) in [6.07, 6.45) is -4.74. The van der Waals surface area contributed by atoms with Gasteiger partial charge in [0.15, 0.2) is 23.3 Å². The second-order valence-electron chi connectivity index (χ2n) is 4.27. The van der Waals surface area contributed by atoms with Crippen LogP contribution in [-0.2, 0) is 11.0 Å². The molecule has 1 saturated carbocycles. The molecule has 20 heavy (non-hydrogen) atoms. The monoisotopic (exact) mass is 301 g/mol. The van der Waals surface area contributed by atoms with E-state index in [2.05, 4.69) is 0 Å². The summed E-state index contributed by atoms with van der Waals surface area (Å²) in [6.45, 7) is 0. The fourth-order valence-electron chi connectivity index (χ4n) is 1.56. The molecule has 2 nitrogen and oxygen atoms in total. The number of anilines is 1. The lowest BCUT2D eigenvalue weighted by atomic mass is 10.1. The maximum absolute atomic E-state index is 13.4. The molecule has 1 amide bonds. The molecule has 0 atom stereocenters. The van der Waals surface area contributed by atoms with Crippen molar-refractivity contribution in [2.75, 3.05) is 5.32 Å². The normalized spacial score (nSPS) is 15.3. The number of amides is 1. The predicted octanol–water partition coefficient (Wildman–Crippen LogP) is 3.61. The second kappa shape index (κ2) is 4.64. The van der Waals surface area contributed by atoms with Crippen LogP contribution in [0.25, 0.3) is 0 Å². The smallest absolute Gasteiger partial charge is 0.321 e. The molecule has 0 bridgehead atoms. The highest BCUT2D eigenvalue weighted by molar-refractivity contribution is 5.94. The molecule has 0 saturated heterocycles. The van der Waals surface area contributed by atoms with E-state index in [4.69, 9.17) is 0 Å². The van der Waals surface area contributed by atoms with Crippen molar-refractivity contribution in [3.63, 3.8) is 0 Å². The van der Waals surface area contributed by atoms with Crippen molar-refractivity contribution in [3.8, 4) is 0 Å². The molecule has 0 aromatic heterocycles. The number of hydrogen-bond acceptors (Lipinski definition) is 1. The van der Waals surface area contributed by atoms with Crippen molar-refractivity contribution in [2.45, 2.75) is 19.0 Å². The van der Waals surface area contributed by atoms with E-state index in [1.807, 2.05) is 0 Å². The molecule has 9 heteroatoms. The van der Waals surface area contributed by atoms with Crippen molar-refractivity contribution in [3.05, 3.63) is 28.8 Å². The van der Waals surface area contributed by atoms with Crippen molar-refractivity contribution in [2.24, 2.45) is 5.92 Å². The van der Waals surface area contributed by atoms with Gasteiger partial charge in [0.1, 0.15) is 11.3 Å². The summed E-state index contributed by atoms with van der Waals surface area (Å²) in [5.41, 5.74) is -4.22. The van der Waals surface area contributed by atoms with E-state index in [1.54, 1.807) is 5.32 Å². The van der Waals surface area contributed by atoms with Crippen LogP contribution in [0.15, 0.2) is 0 Å². The third-order valence-corrected chi connectivity index (χ3v) is 2.74. The lowest BCUT2D eigenvalue weighted by Gasteiger charge is -2.14. The lowest BCUT2D eigenvalue weighted by molar-refractivity contribution is -0.143. The van der Waals surface area contributed by atoms with Crippen LogP contribution in [0.4, 0.5) is 36.4 Å². The van der Waals surface area contributed by atoms with Crippen LogP contribution >= 0.6 is 0 Å². The first-order chi connectivity index (χ1) is 9.14. The van der Waals surface area contributed by atoms with E-state index in [1.165, 1.54) is 0 Å². The van der Waals surface area contributed by atoms with E-state index < -0.39 is 52.5 Å². The predicted molar refractivity (Wildman–Crippen MR) is 52.6 cm³/mol. The first-order valence-corrected chi connectivity index (χ1v) is 5.38. The molecule has 1 aromatic rings. The molecule has 0 unspecified atom stereocenters. The third kappa shape index (κ3) is 2.44. The molecule has 1 aromatic carbocycles. The molecule has 1 fully saturated rings. The molecule has 1 aliphatic rings. The van der Waals surface area contributed by atoms with E-state index in [0.29, 0.717) is 12.8 Å². The van der Waals surface area contributed by atoms with Crippen LogP contribution in [0.1, 0.15) is 18.4 Å². The molecule has 0 heterocycles. The number of benzene rings is 1. The Morgan fingerprint density at radius 1 is 0.950 bits per heavy atom. The molecule has 0 radical (unpaired) electrons.